The molecule has 0 amide bonds. The lowest BCUT2D eigenvalue weighted by Crippen LogP contribution is -2.09. The molecule has 2 aromatic rings. The molecule has 1 heterocycles. The highest BCUT2D eigenvalue weighted by Crippen LogP contribution is 2.08. The largest absolute Gasteiger partial charge is 0.310 e. The number of hydrogen-bond acceptors (Lipinski definition) is 2. The van der Waals surface area contributed by atoms with Crippen molar-refractivity contribution in [2.45, 2.75) is 6.92 Å². The standard InChI is InChI=1S/C9H7FN2O/c1-5-11-8-4-6(10)2-3-7(8)9(13)12-5/h2-4H,1H3,(H,11,12,13). The number of aromatic amines is 1. The summed E-state index contributed by atoms with van der Waals surface area (Å²) in [6.07, 6.45) is 0. The summed E-state index contributed by atoms with van der Waals surface area (Å²) >= 11 is 0. The van der Waals surface area contributed by atoms with Gasteiger partial charge in [0.05, 0.1) is 10.9 Å². The molecule has 0 aliphatic rings. The van der Waals surface area contributed by atoms with E-state index in [1.54, 1.807) is 6.92 Å². The van der Waals surface area contributed by atoms with Gasteiger partial charge < -0.3 is 4.98 Å². The molecule has 0 fully saturated rings. The highest BCUT2D eigenvalue weighted by Gasteiger charge is 2.01. The normalized spacial score (nSPS) is 10.6. The number of hydrogen-bond donors (Lipinski definition) is 1. The maximum absolute atomic E-state index is 12.7. The fourth-order valence-corrected chi connectivity index (χ4v) is 1.23. The maximum atomic E-state index is 12.7. The molecule has 0 saturated carbocycles. The minimum absolute atomic E-state index is 0.234. The Morgan fingerprint density at radius 3 is 3.00 bits per heavy atom. The Morgan fingerprint density at radius 2 is 2.23 bits per heavy atom. The number of nitrogens with one attached hydrogen (secondary N) is 1. The van der Waals surface area contributed by atoms with Crippen molar-refractivity contribution >= 4 is 10.9 Å². The van der Waals surface area contributed by atoms with Crippen LogP contribution >= 0.6 is 0 Å². The Hall–Kier alpha value is -1.71. The van der Waals surface area contributed by atoms with Crippen LogP contribution in [0.4, 0.5) is 4.39 Å². The van der Waals surface area contributed by atoms with Gasteiger partial charge in [-0.25, -0.2) is 9.37 Å². The van der Waals surface area contributed by atoms with E-state index in [2.05, 4.69) is 9.97 Å². The first kappa shape index (κ1) is 7.91. The van der Waals surface area contributed by atoms with Crippen molar-refractivity contribution in [3.05, 3.63) is 40.2 Å². The van der Waals surface area contributed by atoms with Crippen molar-refractivity contribution in [2.75, 3.05) is 0 Å². The predicted molar refractivity (Wildman–Crippen MR) is 47.1 cm³/mol. The molecule has 1 aromatic carbocycles. The second kappa shape index (κ2) is 2.65. The van der Waals surface area contributed by atoms with E-state index < -0.39 is 0 Å². The summed E-state index contributed by atoms with van der Waals surface area (Å²) in [4.78, 5) is 17.8. The number of fused-ring (bicyclic) bond motifs is 1. The van der Waals surface area contributed by atoms with Crippen molar-refractivity contribution in [1.82, 2.24) is 9.97 Å². The third-order valence-corrected chi connectivity index (χ3v) is 1.79. The quantitative estimate of drug-likeness (QED) is 0.662. The molecule has 3 nitrogen and oxygen atoms in total. The van der Waals surface area contributed by atoms with E-state index in [1.165, 1.54) is 18.2 Å². The molecule has 0 spiro atoms. The molecule has 2 rings (SSSR count). The van der Waals surface area contributed by atoms with Crippen LogP contribution in [0.2, 0.25) is 0 Å². The van der Waals surface area contributed by atoms with E-state index in [4.69, 9.17) is 0 Å². The first-order chi connectivity index (χ1) is 6.16. The van der Waals surface area contributed by atoms with Crippen LogP contribution in [-0.4, -0.2) is 9.97 Å². The van der Waals surface area contributed by atoms with E-state index in [1.807, 2.05) is 0 Å². The first-order valence-corrected chi connectivity index (χ1v) is 3.83. The molecular weight excluding hydrogens is 171 g/mol. The first-order valence-electron chi connectivity index (χ1n) is 3.83. The second-order valence-corrected chi connectivity index (χ2v) is 2.81. The van der Waals surface area contributed by atoms with Gasteiger partial charge in [0.1, 0.15) is 11.6 Å². The van der Waals surface area contributed by atoms with Gasteiger partial charge in [0.25, 0.3) is 5.56 Å². The van der Waals surface area contributed by atoms with Crippen LogP contribution in [0, 0.1) is 12.7 Å². The SMILES string of the molecule is Cc1nc2cc(F)ccc2c(=O)[nH]1. The highest BCUT2D eigenvalue weighted by atomic mass is 19.1. The van der Waals surface area contributed by atoms with E-state index in [0.29, 0.717) is 16.7 Å². The van der Waals surface area contributed by atoms with Crippen LogP contribution in [0.3, 0.4) is 0 Å². The lowest BCUT2D eigenvalue weighted by atomic mass is 10.2. The van der Waals surface area contributed by atoms with Crippen molar-refractivity contribution in [3.8, 4) is 0 Å². The third kappa shape index (κ3) is 1.30. The zero-order valence-electron chi connectivity index (χ0n) is 6.97. The molecule has 0 radical (unpaired) electrons. The molecule has 1 N–H and O–H groups in total. The highest BCUT2D eigenvalue weighted by molar-refractivity contribution is 5.77. The number of H-pyrrole nitrogens is 1. The fourth-order valence-electron chi connectivity index (χ4n) is 1.23. The van der Waals surface area contributed by atoms with Gasteiger partial charge >= 0.3 is 0 Å². The van der Waals surface area contributed by atoms with Crippen molar-refractivity contribution < 1.29 is 4.39 Å². The van der Waals surface area contributed by atoms with Gasteiger partial charge in [-0.05, 0) is 19.1 Å². The molecule has 0 saturated heterocycles. The number of nitrogens with zero attached hydrogens (tertiary/aromatic N) is 1. The van der Waals surface area contributed by atoms with E-state index in [-0.39, 0.29) is 11.4 Å². The molecule has 66 valence electrons. The Morgan fingerprint density at radius 1 is 1.46 bits per heavy atom. The summed E-state index contributed by atoms with van der Waals surface area (Å²) in [5, 5.41) is 0.409. The van der Waals surface area contributed by atoms with Gasteiger partial charge in [0.15, 0.2) is 0 Å². The Labute approximate surface area is 73.2 Å². The van der Waals surface area contributed by atoms with Crippen LogP contribution in [0.5, 0.6) is 0 Å². The van der Waals surface area contributed by atoms with E-state index in [0.717, 1.165) is 0 Å². The summed E-state index contributed by atoms with van der Waals surface area (Å²) in [5.74, 6) is 0.105. The number of aryl methyl sites for hydroxylation is 1. The zero-order chi connectivity index (χ0) is 9.42. The van der Waals surface area contributed by atoms with Gasteiger partial charge in [0.2, 0.25) is 0 Å². The Bertz CT molecular complexity index is 513. The average Bonchev–Trinajstić information content (AvgIpc) is 2.02. The minimum Gasteiger partial charge on any atom is -0.310 e. The van der Waals surface area contributed by atoms with Crippen LogP contribution in [-0.2, 0) is 0 Å². The lowest BCUT2D eigenvalue weighted by molar-refractivity contribution is 0.629. The van der Waals surface area contributed by atoms with E-state index in [9.17, 15) is 9.18 Å². The van der Waals surface area contributed by atoms with Gasteiger partial charge in [-0.15, -0.1) is 0 Å². The number of benzene rings is 1. The number of rotatable bonds is 0. The van der Waals surface area contributed by atoms with E-state index >= 15 is 0 Å². The van der Waals surface area contributed by atoms with Crippen LogP contribution in [0.15, 0.2) is 23.0 Å². The number of aromatic nitrogens is 2. The topological polar surface area (TPSA) is 45.8 Å². The maximum Gasteiger partial charge on any atom is 0.258 e. The average molecular weight is 178 g/mol. The van der Waals surface area contributed by atoms with Crippen LogP contribution in [0.25, 0.3) is 10.9 Å². The van der Waals surface area contributed by atoms with Crippen molar-refractivity contribution in [2.24, 2.45) is 0 Å². The molecular formula is C9H7FN2O. The molecule has 0 atom stereocenters. The Balaban J connectivity index is 2.95. The molecule has 4 heteroatoms. The van der Waals surface area contributed by atoms with Crippen molar-refractivity contribution in [1.29, 1.82) is 0 Å². The predicted octanol–water partition coefficient (Wildman–Crippen LogP) is 1.37. The minimum atomic E-state index is -0.384. The summed E-state index contributed by atoms with van der Waals surface area (Å²) in [6.45, 7) is 1.66. The fraction of sp³-hybridized carbons (Fsp3) is 0.111. The van der Waals surface area contributed by atoms with Gasteiger partial charge in [0, 0.05) is 6.07 Å². The summed E-state index contributed by atoms with van der Waals surface area (Å²) in [7, 11) is 0. The molecule has 0 bridgehead atoms. The van der Waals surface area contributed by atoms with Gasteiger partial charge in [-0.1, -0.05) is 0 Å². The molecule has 1 aromatic heterocycles. The Kier molecular flexibility index (Phi) is 1.62. The monoisotopic (exact) mass is 178 g/mol. The smallest absolute Gasteiger partial charge is 0.258 e. The zero-order valence-corrected chi connectivity index (χ0v) is 6.97. The summed E-state index contributed by atoms with van der Waals surface area (Å²) in [6, 6.07) is 3.92. The molecule has 0 aliphatic heterocycles. The number of halogens is 1. The lowest BCUT2D eigenvalue weighted by Gasteiger charge is -1.97. The van der Waals surface area contributed by atoms with Gasteiger partial charge in [-0.2, -0.15) is 0 Å². The molecule has 13 heavy (non-hydrogen) atoms. The van der Waals surface area contributed by atoms with Gasteiger partial charge in [-0.3, -0.25) is 4.79 Å². The third-order valence-electron chi connectivity index (χ3n) is 1.79. The second-order valence-electron chi connectivity index (χ2n) is 2.81. The van der Waals surface area contributed by atoms with Crippen LogP contribution < -0.4 is 5.56 Å². The summed E-state index contributed by atoms with van der Waals surface area (Å²) < 4.78 is 12.7. The van der Waals surface area contributed by atoms with Crippen molar-refractivity contribution in [3.63, 3.8) is 0 Å². The molecule has 0 aliphatic carbocycles. The summed E-state index contributed by atoms with van der Waals surface area (Å²) in [5.41, 5.74) is 0.156. The van der Waals surface area contributed by atoms with Crippen LogP contribution in [0.1, 0.15) is 5.82 Å². The molecule has 0 unspecified atom stereocenters.